The number of fused-ring (bicyclic) bond motifs is 2. The Balaban J connectivity index is 1.77. The van der Waals surface area contributed by atoms with E-state index in [9.17, 15) is 13.2 Å². The number of amides is 1. The normalized spacial score (nSPS) is 19.5. The molecule has 4 heterocycles. The molecular formula is C15H14ClN7O3S2+. The van der Waals surface area contributed by atoms with Crippen LogP contribution >= 0.6 is 22.9 Å². The molecule has 145 valence electrons. The Kier molecular flexibility index (Phi) is 4.67. The second kappa shape index (κ2) is 6.90. The van der Waals surface area contributed by atoms with Crippen molar-refractivity contribution >= 4 is 66.3 Å². The summed E-state index contributed by atoms with van der Waals surface area (Å²) < 4.78 is 23.4. The number of hydrogen-bond donors (Lipinski definition) is 2. The highest BCUT2D eigenvalue weighted by Gasteiger charge is 2.44. The molecule has 10 nitrogen and oxygen atoms in total. The van der Waals surface area contributed by atoms with E-state index in [0.29, 0.717) is 32.4 Å². The van der Waals surface area contributed by atoms with Crippen LogP contribution in [0, 0.1) is 0 Å². The fourth-order valence-electron chi connectivity index (χ4n) is 2.71. The first-order chi connectivity index (χ1) is 13.2. The zero-order valence-electron chi connectivity index (χ0n) is 14.6. The van der Waals surface area contributed by atoms with Gasteiger partial charge in [-0.1, -0.05) is 11.3 Å². The fourth-order valence-corrected chi connectivity index (χ4v) is 4.45. The lowest BCUT2D eigenvalue weighted by atomic mass is 10.1. The van der Waals surface area contributed by atoms with Gasteiger partial charge < -0.3 is 5.32 Å². The zero-order valence-corrected chi connectivity index (χ0v) is 17.0. The van der Waals surface area contributed by atoms with Crippen LogP contribution in [0.2, 0.25) is 0 Å². The number of nitrogens with one attached hydrogen (secondary N) is 2. The zero-order chi connectivity index (χ0) is 20.1. The fraction of sp³-hybridized carbons (Fsp3) is 0.200. The molecule has 0 bridgehead atoms. The summed E-state index contributed by atoms with van der Waals surface area (Å²) >= 11 is 7.61. The molecular weight excluding hydrogens is 426 g/mol. The van der Waals surface area contributed by atoms with Crippen molar-refractivity contribution < 1.29 is 13.2 Å². The summed E-state index contributed by atoms with van der Waals surface area (Å²) in [5, 5.41) is 4.36. The van der Waals surface area contributed by atoms with Crippen molar-refractivity contribution in [2.45, 2.75) is 12.5 Å². The van der Waals surface area contributed by atoms with Gasteiger partial charge in [-0.05, 0) is 28.6 Å². The molecule has 13 heteroatoms. The van der Waals surface area contributed by atoms with Crippen LogP contribution in [0.1, 0.15) is 12.6 Å². The van der Waals surface area contributed by atoms with Gasteiger partial charge in [0.2, 0.25) is 28.0 Å². The number of hydrazine groups is 1. The summed E-state index contributed by atoms with van der Waals surface area (Å²) in [6.45, 7) is 1.41. The van der Waals surface area contributed by atoms with E-state index >= 15 is 0 Å². The third kappa shape index (κ3) is 3.64. The molecule has 2 aliphatic heterocycles. The monoisotopic (exact) mass is 439 g/mol. The van der Waals surface area contributed by atoms with Crippen LogP contribution in [0.4, 0.5) is 5.13 Å². The number of anilines is 1. The highest BCUT2D eigenvalue weighted by Crippen LogP contribution is 2.34. The molecule has 1 amide bonds. The van der Waals surface area contributed by atoms with E-state index in [4.69, 9.17) is 11.6 Å². The quantitative estimate of drug-likeness (QED) is 0.420. The molecule has 28 heavy (non-hydrogen) atoms. The molecule has 1 radical (unpaired) electrons. The van der Waals surface area contributed by atoms with Gasteiger partial charge in [0.15, 0.2) is 5.13 Å². The van der Waals surface area contributed by atoms with Gasteiger partial charge in [-0.3, -0.25) is 4.79 Å². The number of rotatable bonds is 4. The number of thiazole rings is 1. The number of aromatic nitrogens is 2. The molecule has 2 N–H and O–H groups in total. The number of sulfonamides is 1. The molecule has 2 aromatic rings. The van der Waals surface area contributed by atoms with E-state index < -0.39 is 15.6 Å². The Morgan fingerprint density at radius 3 is 2.86 bits per heavy atom. The molecule has 2 aliphatic rings. The highest BCUT2D eigenvalue weighted by atomic mass is 35.5. The molecule has 2 aromatic heterocycles. The maximum Gasteiger partial charge on any atom is 0.312 e. The lowest BCUT2D eigenvalue weighted by molar-refractivity contribution is -0.114. The van der Waals surface area contributed by atoms with Crippen LogP contribution < -0.4 is 15.0 Å². The number of pyridine rings is 1. The number of alkyl halides is 1. The maximum atomic E-state index is 11.7. The summed E-state index contributed by atoms with van der Waals surface area (Å²) in [5.74, 6) is -0.214. The molecule has 0 saturated carbocycles. The molecule has 1 unspecified atom stereocenters. The van der Waals surface area contributed by atoms with Gasteiger partial charge in [0, 0.05) is 13.1 Å². The van der Waals surface area contributed by atoms with Gasteiger partial charge in [0.1, 0.15) is 16.5 Å². The predicted octanol–water partition coefficient (Wildman–Crippen LogP) is 1.32. The predicted molar refractivity (Wildman–Crippen MR) is 108 cm³/mol. The number of nitrogens with zero attached hydrogens (tertiary/aromatic N) is 5. The molecule has 0 spiro atoms. The molecule has 0 aromatic carbocycles. The van der Waals surface area contributed by atoms with Gasteiger partial charge in [-0.25, -0.2) is 28.4 Å². The molecule has 1 atom stereocenters. The molecule has 0 saturated heterocycles. The van der Waals surface area contributed by atoms with Crippen LogP contribution in [0.15, 0.2) is 35.2 Å². The lowest BCUT2D eigenvalue weighted by Gasteiger charge is -2.29. The first-order valence-corrected chi connectivity index (χ1v) is 11.0. The topological polar surface area (TPSA) is 123 Å². The number of carbonyl (C=O) groups excluding carboxylic acids is 1. The van der Waals surface area contributed by atoms with Gasteiger partial charge in [0.25, 0.3) is 0 Å². The average Bonchev–Trinajstić information content (AvgIpc) is 3.21. The van der Waals surface area contributed by atoms with Gasteiger partial charge in [-0.2, -0.15) is 0 Å². The first-order valence-electron chi connectivity index (χ1n) is 7.91. The van der Waals surface area contributed by atoms with Crippen LogP contribution in [0.25, 0.3) is 15.9 Å². The number of halogens is 1. The van der Waals surface area contributed by atoms with E-state index in [1.54, 1.807) is 29.4 Å². The van der Waals surface area contributed by atoms with Crippen molar-refractivity contribution in [1.82, 2.24) is 24.7 Å². The number of allylic oxidation sites excluding steroid dienone is 1. The van der Waals surface area contributed by atoms with E-state index in [0.717, 1.165) is 6.26 Å². The number of aliphatic imine (C=N–C) groups is 1. The molecule has 0 fully saturated rings. The van der Waals surface area contributed by atoms with E-state index in [1.807, 2.05) is 0 Å². The Morgan fingerprint density at radius 1 is 1.36 bits per heavy atom. The lowest BCUT2D eigenvalue weighted by Crippen LogP contribution is -2.54. The standard InChI is InChI=1S/C15H14ClN7O3S2/c1-8(24)18-15-20-11-4-3-10(19-13(11)27-15)9-6-23(21-28(2,25)26)14(16)22-7-17-5-12(9)22/h3-7,14,21H,1-2H3,(H,18,20,24)/q+1. The minimum absolute atomic E-state index is 0.214. The van der Waals surface area contributed by atoms with Crippen molar-refractivity contribution in [3.05, 3.63) is 35.9 Å². The minimum Gasteiger partial charge on any atom is -0.302 e. The van der Waals surface area contributed by atoms with Gasteiger partial charge >= 0.3 is 5.62 Å². The van der Waals surface area contributed by atoms with Gasteiger partial charge in [0.05, 0.1) is 17.5 Å². The van der Waals surface area contributed by atoms with Crippen molar-refractivity contribution in [3.63, 3.8) is 0 Å². The summed E-state index contributed by atoms with van der Waals surface area (Å²) in [6, 6.07) is 3.54. The van der Waals surface area contributed by atoms with Gasteiger partial charge in [-0.15, -0.1) is 4.83 Å². The third-order valence-electron chi connectivity index (χ3n) is 3.75. The van der Waals surface area contributed by atoms with Crippen molar-refractivity contribution in [1.29, 1.82) is 0 Å². The van der Waals surface area contributed by atoms with E-state index in [-0.39, 0.29) is 5.91 Å². The number of carbonyl (C=O) groups is 1. The Morgan fingerprint density at radius 2 is 2.14 bits per heavy atom. The molecule has 0 aliphatic carbocycles. The summed E-state index contributed by atoms with van der Waals surface area (Å²) in [7, 11) is -3.55. The molecule has 4 rings (SSSR count). The second-order valence-corrected chi connectivity index (χ2v) is 9.13. The van der Waals surface area contributed by atoms with Crippen molar-refractivity contribution in [2.24, 2.45) is 4.99 Å². The Hall–Kier alpha value is -2.38. The average molecular weight is 440 g/mol. The first kappa shape index (κ1) is 19.0. The largest absolute Gasteiger partial charge is 0.312 e. The minimum atomic E-state index is -3.55. The third-order valence-corrected chi connectivity index (χ3v) is 5.60. The number of hydrogen-bond acceptors (Lipinski definition) is 9. The summed E-state index contributed by atoms with van der Waals surface area (Å²) in [4.78, 5) is 28.9. The van der Waals surface area contributed by atoms with Crippen LogP contribution in [-0.4, -0.2) is 47.5 Å². The van der Waals surface area contributed by atoms with Crippen molar-refractivity contribution in [3.8, 4) is 0 Å². The van der Waals surface area contributed by atoms with Crippen molar-refractivity contribution in [2.75, 3.05) is 11.6 Å². The smallest absolute Gasteiger partial charge is 0.302 e. The van der Waals surface area contributed by atoms with Crippen LogP contribution in [0.5, 0.6) is 0 Å². The van der Waals surface area contributed by atoms with Crippen LogP contribution in [-0.2, 0) is 14.8 Å². The Labute approximate surface area is 169 Å². The SMILES string of the molecule is CC(=O)Nc1nc2ccc(C3=CN(NS(C)(=O)=O)C(Cl)[N+]4C=NC=C34)nc2s1. The second-order valence-electron chi connectivity index (χ2n) is 6.03. The highest BCUT2D eigenvalue weighted by molar-refractivity contribution is 7.88. The van der Waals surface area contributed by atoms with E-state index in [2.05, 4.69) is 25.1 Å². The Bertz CT molecular complexity index is 1170. The van der Waals surface area contributed by atoms with Crippen LogP contribution in [0.3, 0.4) is 0 Å². The van der Waals surface area contributed by atoms with E-state index in [1.165, 1.54) is 29.6 Å². The summed E-state index contributed by atoms with van der Waals surface area (Å²) in [6.07, 6.45) is 5.75. The summed E-state index contributed by atoms with van der Waals surface area (Å²) in [5.41, 5.74) is 1.71. The maximum absolute atomic E-state index is 11.7.